The van der Waals surface area contributed by atoms with E-state index >= 15 is 0 Å². The number of hydrogen-bond donors (Lipinski definition) is 1. The molecule has 0 aromatic heterocycles. The van der Waals surface area contributed by atoms with Gasteiger partial charge < -0.3 is 9.47 Å². The molecule has 0 spiro atoms. The molecule has 1 fully saturated rings. The average Bonchev–Trinajstić information content (AvgIpc) is 2.04. The molecule has 0 amide bonds. The van der Waals surface area contributed by atoms with Gasteiger partial charge in [-0.1, -0.05) is 6.92 Å². The predicted octanol–water partition coefficient (Wildman–Crippen LogP) is 1.03. The van der Waals surface area contributed by atoms with Crippen molar-refractivity contribution >= 4 is 12.4 Å². The molecule has 4 heteroatoms. The molecule has 1 aliphatic rings. The zero-order valence-electron chi connectivity index (χ0n) is 7.71. The van der Waals surface area contributed by atoms with Gasteiger partial charge in [0.25, 0.3) is 0 Å². The van der Waals surface area contributed by atoms with Crippen LogP contribution in [-0.2, 0) is 9.47 Å². The van der Waals surface area contributed by atoms with Crippen LogP contribution in [0.4, 0.5) is 0 Å². The van der Waals surface area contributed by atoms with Crippen LogP contribution in [0.25, 0.3) is 0 Å². The number of methoxy groups -OCH3 is 1. The number of ether oxygens (including phenoxy) is 2. The molecule has 0 aromatic carbocycles. The highest BCUT2D eigenvalue weighted by Crippen LogP contribution is 2.06. The normalized spacial score (nSPS) is 29.5. The van der Waals surface area contributed by atoms with Crippen molar-refractivity contribution in [2.75, 3.05) is 26.9 Å². The third kappa shape index (κ3) is 4.26. The van der Waals surface area contributed by atoms with E-state index in [9.17, 15) is 0 Å². The van der Waals surface area contributed by atoms with Gasteiger partial charge in [0.05, 0.1) is 6.61 Å². The molecule has 0 aromatic rings. The first kappa shape index (κ1) is 12.2. The van der Waals surface area contributed by atoms with Crippen molar-refractivity contribution < 1.29 is 9.47 Å². The van der Waals surface area contributed by atoms with Gasteiger partial charge in [0, 0.05) is 26.7 Å². The molecule has 74 valence electrons. The first-order chi connectivity index (χ1) is 5.33. The topological polar surface area (TPSA) is 30.5 Å². The maximum absolute atomic E-state index is 5.50. The van der Waals surface area contributed by atoms with Crippen molar-refractivity contribution in [1.29, 1.82) is 0 Å². The molecule has 0 saturated carbocycles. The predicted molar refractivity (Wildman–Crippen MR) is 50.6 cm³/mol. The third-order valence-electron chi connectivity index (χ3n) is 1.86. The lowest BCUT2D eigenvalue weighted by molar-refractivity contribution is -0.0376. The Balaban J connectivity index is 0.00000121. The second-order valence-corrected chi connectivity index (χ2v) is 3.12. The van der Waals surface area contributed by atoms with E-state index in [4.69, 9.17) is 9.47 Å². The van der Waals surface area contributed by atoms with Crippen LogP contribution in [0.1, 0.15) is 13.3 Å². The molecule has 1 heterocycles. The molecule has 2 atom stereocenters. The van der Waals surface area contributed by atoms with Crippen molar-refractivity contribution in [2.24, 2.45) is 5.92 Å². The Morgan fingerprint density at radius 3 is 2.83 bits per heavy atom. The molecule has 1 aliphatic heterocycles. The van der Waals surface area contributed by atoms with Gasteiger partial charge >= 0.3 is 0 Å². The van der Waals surface area contributed by atoms with E-state index in [0.717, 1.165) is 26.2 Å². The minimum absolute atomic E-state index is 0. The Kier molecular flexibility index (Phi) is 6.76. The lowest BCUT2D eigenvalue weighted by Crippen LogP contribution is -2.42. The molecule has 2 unspecified atom stereocenters. The van der Waals surface area contributed by atoms with Crippen LogP contribution in [-0.4, -0.2) is 33.1 Å². The van der Waals surface area contributed by atoms with E-state index in [2.05, 4.69) is 12.2 Å². The molecule has 1 N–H and O–H groups in total. The van der Waals surface area contributed by atoms with Gasteiger partial charge in [-0.3, -0.25) is 5.32 Å². The van der Waals surface area contributed by atoms with E-state index in [1.165, 1.54) is 0 Å². The van der Waals surface area contributed by atoms with Gasteiger partial charge in [-0.15, -0.1) is 12.4 Å². The number of halogens is 1. The Hall–Kier alpha value is 0.170. The summed E-state index contributed by atoms with van der Waals surface area (Å²) in [6, 6.07) is 0. The average molecular weight is 196 g/mol. The van der Waals surface area contributed by atoms with Crippen LogP contribution in [0, 0.1) is 5.92 Å². The van der Waals surface area contributed by atoms with Gasteiger partial charge in [0.2, 0.25) is 0 Å². The van der Waals surface area contributed by atoms with E-state index in [1.807, 2.05) is 0 Å². The minimum atomic E-state index is 0. The minimum Gasteiger partial charge on any atom is -0.385 e. The maximum atomic E-state index is 5.50. The Morgan fingerprint density at radius 2 is 2.33 bits per heavy atom. The van der Waals surface area contributed by atoms with Crippen LogP contribution in [0.3, 0.4) is 0 Å². The Bertz CT molecular complexity index is 102. The van der Waals surface area contributed by atoms with Gasteiger partial charge in [-0.05, 0) is 5.92 Å². The summed E-state index contributed by atoms with van der Waals surface area (Å²) in [4.78, 5) is 0. The summed E-state index contributed by atoms with van der Waals surface area (Å²) in [5.74, 6) is 0.647. The van der Waals surface area contributed by atoms with Crippen LogP contribution in [0.2, 0.25) is 0 Å². The Labute approximate surface area is 80.2 Å². The first-order valence-corrected chi connectivity index (χ1v) is 4.17. The quantitative estimate of drug-likeness (QED) is 0.730. The lowest BCUT2D eigenvalue weighted by atomic mass is 10.1. The third-order valence-corrected chi connectivity index (χ3v) is 1.86. The standard InChI is InChI=1S/C8H17NO2.ClH/c1-7-5-9-8(11-6-7)3-4-10-2;/h7-9H,3-6H2,1-2H3;1H. The molecule has 1 saturated heterocycles. The van der Waals surface area contributed by atoms with Crippen molar-refractivity contribution in [3.8, 4) is 0 Å². The molecular weight excluding hydrogens is 178 g/mol. The van der Waals surface area contributed by atoms with E-state index in [0.29, 0.717) is 5.92 Å². The number of rotatable bonds is 3. The first-order valence-electron chi connectivity index (χ1n) is 4.17. The molecule has 3 nitrogen and oxygen atoms in total. The van der Waals surface area contributed by atoms with Gasteiger partial charge in [0.15, 0.2) is 0 Å². The van der Waals surface area contributed by atoms with Crippen molar-refractivity contribution in [3.63, 3.8) is 0 Å². The zero-order chi connectivity index (χ0) is 8.10. The highest BCUT2D eigenvalue weighted by molar-refractivity contribution is 5.85. The van der Waals surface area contributed by atoms with Crippen molar-refractivity contribution in [3.05, 3.63) is 0 Å². The molecule has 1 rings (SSSR count). The summed E-state index contributed by atoms with van der Waals surface area (Å²) in [6.45, 7) is 4.89. The second kappa shape index (κ2) is 6.66. The summed E-state index contributed by atoms with van der Waals surface area (Å²) in [6.07, 6.45) is 1.16. The number of nitrogens with one attached hydrogen (secondary N) is 1. The summed E-state index contributed by atoms with van der Waals surface area (Å²) < 4.78 is 10.5. The zero-order valence-corrected chi connectivity index (χ0v) is 8.52. The van der Waals surface area contributed by atoms with Crippen molar-refractivity contribution in [1.82, 2.24) is 5.32 Å². The summed E-state index contributed by atoms with van der Waals surface area (Å²) in [5, 5.41) is 3.30. The second-order valence-electron chi connectivity index (χ2n) is 3.12. The van der Waals surface area contributed by atoms with Crippen LogP contribution >= 0.6 is 12.4 Å². The molecule has 0 bridgehead atoms. The van der Waals surface area contributed by atoms with Gasteiger partial charge in [0.1, 0.15) is 6.23 Å². The smallest absolute Gasteiger partial charge is 0.110 e. The monoisotopic (exact) mass is 195 g/mol. The Morgan fingerprint density at radius 1 is 1.58 bits per heavy atom. The fourth-order valence-electron chi connectivity index (χ4n) is 1.14. The van der Waals surface area contributed by atoms with E-state index in [1.54, 1.807) is 7.11 Å². The highest BCUT2D eigenvalue weighted by Gasteiger charge is 2.16. The SMILES string of the molecule is COCCC1NCC(C)CO1.Cl. The van der Waals surface area contributed by atoms with E-state index < -0.39 is 0 Å². The molecule has 12 heavy (non-hydrogen) atoms. The lowest BCUT2D eigenvalue weighted by Gasteiger charge is -2.28. The van der Waals surface area contributed by atoms with Gasteiger partial charge in [-0.25, -0.2) is 0 Å². The van der Waals surface area contributed by atoms with E-state index in [-0.39, 0.29) is 18.6 Å². The summed E-state index contributed by atoms with van der Waals surface area (Å²) in [7, 11) is 1.71. The van der Waals surface area contributed by atoms with Crippen LogP contribution in [0.5, 0.6) is 0 Å². The maximum Gasteiger partial charge on any atom is 0.110 e. The fourth-order valence-corrected chi connectivity index (χ4v) is 1.14. The fraction of sp³-hybridized carbons (Fsp3) is 1.00. The van der Waals surface area contributed by atoms with Crippen LogP contribution < -0.4 is 5.32 Å². The summed E-state index contributed by atoms with van der Waals surface area (Å²) in [5.41, 5.74) is 0. The molecular formula is C8H18ClNO2. The highest BCUT2D eigenvalue weighted by atomic mass is 35.5. The summed E-state index contributed by atoms with van der Waals surface area (Å²) >= 11 is 0. The van der Waals surface area contributed by atoms with Crippen LogP contribution in [0.15, 0.2) is 0 Å². The number of hydrogen-bond acceptors (Lipinski definition) is 3. The van der Waals surface area contributed by atoms with Gasteiger partial charge in [-0.2, -0.15) is 0 Å². The largest absolute Gasteiger partial charge is 0.385 e. The molecule has 0 radical (unpaired) electrons. The molecule has 0 aliphatic carbocycles. The van der Waals surface area contributed by atoms with Crippen molar-refractivity contribution in [2.45, 2.75) is 19.6 Å².